The van der Waals surface area contributed by atoms with Crippen LogP contribution in [0.5, 0.6) is 0 Å². The summed E-state index contributed by atoms with van der Waals surface area (Å²) in [6.45, 7) is 6.37. The van der Waals surface area contributed by atoms with Crippen LogP contribution in [0.1, 0.15) is 32.6 Å². The van der Waals surface area contributed by atoms with Gasteiger partial charge in [0, 0.05) is 31.1 Å². The van der Waals surface area contributed by atoms with Gasteiger partial charge in [0.1, 0.15) is 6.04 Å². The fraction of sp³-hybridized carbons (Fsp3) is 0.421. The molecule has 1 aliphatic rings. The molecule has 1 N–H and O–H groups in total. The molecule has 1 aromatic heterocycles. The van der Waals surface area contributed by atoms with Gasteiger partial charge in [0.15, 0.2) is 11.7 Å². The monoisotopic (exact) mass is 341 g/mol. The van der Waals surface area contributed by atoms with Crippen molar-refractivity contribution in [2.75, 3.05) is 11.9 Å². The Hall–Kier alpha value is -2.63. The minimum Gasteiger partial charge on any atom is -0.441 e. The number of nitrogens with zero attached hydrogens (tertiary/aromatic N) is 2. The molecule has 132 valence electrons. The maximum atomic E-state index is 12.7. The molecule has 1 aliphatic heterocycles. The van der Waals surface area contributed by atoms with E-state index in [4.69, 9.17) is 4.42 Å². The fourth-order valence-electron chi connectivity index (χ4n) is 3.20. The molecule has 25 heavy (non-hydrogen) atoms. The van der Waals surface area contributed by atoms with Gasteiger partial charge in [-0.25, -0.2) is 4.98 Å². The van der Waals surface area contributed by atoms with Crippen molar-refractivity contribution in [3.8, 4) is 11.3 Å². The highest BCUT2D eigenvalue weighted by atomic mass is 16.4. The molecule has 6 heteroatoms. The number of hydrogen-bond acceptors (Lipinski definition) is 4. The third-order valence-electron chi connectivity index (χ3n) is 4.40. The number of hydrogen-bond donors (Lipinski definition) is 1. The number of likely N-dealkylation sites (tertiary alicyclic amines) is 1. The summed E-state index contributed by atoms with van der Waals surface area (Å²) in [6.07, 6.45) is 3.03. The number of rotatable bonds is 5. The van der Waals surface area contributed by atoms with Crippen LogP contribution in [0, 0.1) is 12.8 Å². The summed E-state index contributed by atoms with van der Waals surface area (Å²) in [4.78, 5) is 30.5. The highest BCUT2D eigenvalue weighted by Crippen LogP contribution is 2.24. The second-order valence-corrected chi connectivity index (χ2v) is 6.69. The van der Waals surface area contributed by atoms with Crippen molar-refractivity contribution in [2.24, 2.45) is 5.92 Å². The lowest BCUT2D eigenvalue weighted by Gasteiger charge is -2.29. The molecule has 2 amide bonds. The number of carbonyl (C=O) groups is 2. The third-order valence-corrected chi connectivity index (χ3v) is 4.40. The topological polar surface area (TPSA) is 75.4 Å². The maximum absolute atomic E-state index is 12.7. The van der Waals surface area contributed by atoms with Crippen molar-refractivity contribution in [3.05, 3.63) is 36.4 Å². The van der Waals surface area contributed by atoms with Gasteiger partial charge in [-0.2, -0.15) is 0 Å². The number of anilines is 1. The molecule has 0 spiro atoms. The third kappa shape index (κ3) is 3.73. The first-order valence-corrected chi connectivity index (χ1v) is 8.59. The molecule has 0 radical (unpaired) electrons. The number of carbonyl (C=O) groups excluding carboxylic acids is 2. The van der Waals surface area contributed by atoms with Crippen molar-refractivity contribution in [3.63, 3.8) is 0 Å². The lowest BCUT2D eigenvalue weighted by molar-refractivity contribution is -0.136. The lowest BCUT2D eigenvalue weighted by atomic mass is 10.0. The summed E-state index contributed by atoms with van der Waals surface area (Å²) in [5.74, 6) is 1.28. The average Bonchev–Trinajstić information content (AvgIpc) is 3.17. The highest BCUT2D eigenvalue weighted by Gasteiger charge is 2.34. The summed E-state index contributed by atoms with van der Waals surface area (Å²) in [5, 5.41) is 2.93. The lowest BCUT2D eigenvalue weighted by Crippen LogP contribution is -2.47. The smallest absolute Gasteiger partial charge is 0.247 e. The van der Waals surface area contributed by atoms with Crippen LogP contribution >= 0.6 is 0 Å². The molecule has 2 heterocycles. The van der Waals surface area contributed by atoms with Crippen LogP contribution in [-0.4, -0.2) is 34.3 Å². The average molecular weight is 341 g/mol. The highest BCUT2D eigenvalue weighted by molar-refractivity contribution is 5.97. The van der Waals surface area contributed by atoms with Crippen LogP contribution in [-0.2, 0) is 9.59 Å². The molecule has 2 aromatic rings. The molecule has 3 rings (SSSR count). The second kappa shape index (κ2) is 7.09. The summed E-state index contributed by atoms with van der Waals surface area (Å²) >= 11 is 0. The van der Waals surface area contributed by atoms with Crippen molar-refractivity contribution in [1.82, 2.24) is 9.88 Å². The molecule has 6 nitrogen and oxygen atoms in total. The Morgan fingerprint density at radius 3 is 2.52 bits per heavy atom. The van der Waals surface area contributed by atoms with Crippen molar-refractivity contribution in [1.29, 1.82) is 0 Å². The zero-order valence-electron chi connectivity index (χ0n) is 14.8. The van der Waals surface area contributed by atoms with Crippen LogP contribution in [0.25, 0.3) is 11.3 Å². The molecule has 0 unspecified atom stereocenters. The van der Waals surface area contributed by atoms with Crippen molar-refractivity contribution >= 4 is 17.5 Å². The number of aromatic nitrogens is 1. The Bertz CT molecular complexity index is 764. The SMILES string of the molecule is Cc1ncc(-c2ccc(NC(=O)[C@@H](C(C)C)N3CCCC3=O)cc2)o1. The first-order chi connectivity index (χ1) is 12.0. The molecule has 1 atom stereocenters. The molecular weight excluding hydrogens is 318 g/mol. The van der Waals surface area contributed by atoms with E-state index in [0.717, 1.165) is 12.0 Å². The number of nitrogens with one attached hydrogen (secondary N) is 1. The Morgan fingerprint density at radius 2 is 2.00 bits per heavy atom. The van der Waals surface area contributed by atoms with E-state index in [1.165, 1.54) is 0 Å². The minimum absolute atomic E-state index is 0.0542. The Morgan fingerprint density at radius 1 is 1.28 bits per heavy atom. The van der Waals surface area contributed by atoms with E-state index < -0.39 is 6.04 Å². The Balaban J connectivity index is 1.72. The van der Waals surface area contributed by atoms with E-state index in [1.54, 1.807) is 18.0 Å². The number of amides is 2. The summed E-state index contributed by atoms with van der Waals surface area (Å²) < 4.78 is 5.50. The first-order valence-electron chi connectivity index (χ1n) is 8.59. The van der Waals surface area contributed by atoms with Crippen LogP contribution in [0.4, 0.5) is 5.69 Å². The van der Waals surface area contributed by atoms with Crippen molar-refractivity contribution in [2.45, 2.75) is 39.7 Å². The van der Waals surface area contributed by atoms with Gasteiger partial charge in [-0.1, -0.05) is 13.8 Å². The summed E-state index contributed by atoms with van der Waals surface area (Å²) in [7, 11) is 0. The van der Waals surface area contributed by atoms with Gasteiger partial charge in [0.25, 0.3) is 0 Å². The fourth-order valence-corrected chi connectivity index (χ4v) is 3.20. The first kappa shape index (κ1) is 17.2. The van der Waals surface area contributed by atoms with Crippen LogP contribution in [0.15, 0.2) is 34.9 Å². The van der Waals surface area contributed by atoms with Crippen LogP contribution in [0.2, 0.25) is 0 Å². The van der Waals surface area contributed by atoms with Gasteiger partial charge >= 0.3 is 0 Å². The van der Waals surface area contributed by atoms with Crippen LogP contribution < -0.4 is 5.32 Å². The second-order valence-electron chi connectivity index (χ2n) is 6.69. The van der Waals surface area contributed by atoms with Crippen molar-refractivity contribution < 1.29 is 14.0 Å². The number of benzene rings is 1. The quantitative estimate of drug-likeness (QED) is 0.906. The van der Waals surface area contributed by atoms with E-state index in [-0.39, 0.29) is 17.7 Å². The number of oxazole rings is 1. The standard InChI is InChI=1S/C19H23N3O3/c1-12(2)18(22-10-4-5-17(22)23)19(24)21-15-8-6-14(7-9-15)16-11-20-13(3)25-16/h6-9,11-12,18H,4-5,10H2,1-3H3,(H,21,24)/t18-/m1/s1. The maximum Gasteiger partial charge on any atom is 0.247 e. The predicted molar refractivity (Wildman–Crippen MR) is 94.9 cm³/mol. The zero-order valence-corrected chi connectivity index (χ0v) is 14.8. The van der Waals surface area contributed by atoms with E-state index in [1.807, 2.05) is 38.1 Å². The molecule has 1 fully saturated rings. The normalized spacial score (nSPS) is 15.7. The molecule has 1 saturated heterocycles. The number of aryl methyl sites for hydroxylation is 1. The molecule has 0 saturated carbocycles. The van der Waals surface area contributed by atoms with E-state index in [0.29, 0.717) is 30.3 Å². The molecular formula is C19H23N3O3. The van der Waals surface area contributed by atoms with E-state index in [2.05, 4.69) is 10.3 Å². The van der Waals surface area contributed by atoms with Gasteiger partial charge in [0.05, 0.1) is 6.20 Å². The Labute approximate surface area is 147 Å². The predicted octanol–water partition coefficient (Wildman–Crippen LogP) is 3.24. The van der Waals surface area contributed by atoms with Gasteiger partial charge in [-0.3, -0.25) is 9.59 Å². The molecule has 0 aliphatic carbocycles. The van der Waals surface area contributed by atoms with E-state index >= 15 is 0 Å². The van der Waals surface area contributed by atoms with Gasteiger partial charge in [-0.05, 0) is 36.6 Å². The largest absolute Gasteiger partial charge is 0.441 e. The van der Waals surface area contributed by atoms with Gasteiger partial charge < -0.3 is 14.6 Å². The molecule has 1 aromatic carbocycles. The Kier molecular flexibility index (Phi) is 4.88. The molecule has 0 bridgehead atoms. The zero-order chi connectivity index (χ0) is 18.0. The van der Waals surface area contributed by atoms with Gasteiger partial charge in [0.2, 0.25) is 11.8 Å². The van der Waals surface area contributed by atoms with Gasteiger partial charge in [-0.15, -0.1) is 0 Å². The van der Waals surface area contributed by atoms with E-state index in [9.17, 15) is 9.59 Å². The minimum atomic E-state index is -0.438. The van der Waals surface area contributed by atoms with Crippen LogP contribution in [0.3, 0.4) is 0 Å². The summed E-state index contributed by atoms with van der Waals surface area (Å²) in [6, 6.07) is 6.97. The summed E-state index contributed by atoms with van der Waals surface area (Å²) in [5.41, 5.74) is 1.59.